The van der Waals surface area contributed by atoms with Gasteiger partial charge in [-0.1, -0.05) is 40.2 Å². The summed E-state index contributed by atoms with van der Waals surface area (Å²) < 4.78 is 0.970. The van der Waals surface area contributed by atoms with Crippen molar-refractivity contribution in [2.24, 2.45) is 0 Å². The standard InChI is InChI=1S/C12H10BrNO2/c1-16-14-12(15)10-6-2-5-9-8(10)4-3-7-11(9)13/h2-7H,1H3,(H,14,15). The van der Waals surface area contributed by atoms with E-state index in [9.17, 15) is 4.79 Å². The van der Waals surface area contributed by atoms with Crippen LogP contribution in [0.25, 0.3) is 10.8 Å². The number of carbonyl (C=O) groups is 1. The van der Waals surface area contributed by atoms with Crippen LogP contribution in [-0.2, 0) is 4.84 Å². The first kappa shape index (κ1) is 11.1. The number of hydrogen-bond acceptors (Lipinski definition) is 2. The fourth-order valence-electron chi connectivity index (χ4n) is 1.62. The number of rotatable bonds is 2. The Hall–Kier alpha value is -1.39. The molecule has 2 rings (SSSR count). The highest BCUT2D eigenvalue weighted by Crippen LogP contribution is 2.26. The number of halogens is 1. The largest absolute Gasteiger partial charge is 0.277 e. The molecule has 0 atom stereocenters. The van der Waals surface area contributed by atoms with Crippen LogP contribution in [0.1, 0.15) is 10.4 Å². The number of amides is 1. The van der Waals surface area contributed by atoms with Gasteiger partial charge in [0.05, 0.1) is 7.11 Å². The topological polar surface area (TPSA) is 38.3 Å². The monoisotopic (exact) mass is 279 g/mol. The highest BCUT2D eigenvalue weighted by Gasteiger charge is 2.09. The van der Waals surface area contributed by atoms with E-state index in [1.807, 2.05) is 30.3 Å². The van der Waals surface area contributed by atoms with E-state index in [1.165, 1.54) is 7.11 Å². The van der Waals surface area contributed by atoms with E-state index in [0.29, 0.717) is 5.56 Å². The Morgan fingerprint density at radius 2 is 1.88 bits per heavy atom. The average Bonchev–Trinajstić information content (AvgIpc) is 2.29. The summed E-state index contributed by atoms with van der Waals surface area (Å²) >= 11 is 3.46. The van der Waals surface area contributed by atoms with Crippen LogP contribution in [0.3, 0.4) is 0 Å². The molecule has 0 heterocycles. The predicted molar refractivity (Wildman–Crippen MR) is 66.1 cm³/mol. The van der Waals surface area contributed by atoms with Gasteiger partial charge < -0.3 is 0 Å². The highest BCUT2D eigenvalue weighted by molar-refractivity contribution is 9.10. The molecule has 2 aromatic carbocycles. The molecule has 0 aromatic heterocycles. The lowest BCUT2D eigenvalue weighted by atomic mass is 10.0. The fourth-order valence-corrected chi connectivity index (χ4v) is 2.12. The Balaban J connectivity index is 2.62. The Bertz CT molecular complexity index is 540. The van der Waals surface area contributed by atoms with Crippen molar-refractivity contribution in [1.29, 1.82) is 0 Å². The number of fused-ring (bicyclic) bond motifs is 1. The quantitative estimate of drug-likeness (QED) is 0.859. The van der Waals surface area contributed by atoms with E-state index in [0.717, 1.165) is 15.2 Å². The molecule has 0 fully saturated rings. The second kappa shape index (κ2) is 4.63. The lowest BCUT2D eigenvalue weighted by Gasteiger charge is -2.07. The van der Waals surface area contributed by atoms with Crippen molar-refractivity contribution in [3.05, 3.63) is 46.4 Å². The molecule has 0 saturated heterocycles. The van der Waals surface area contributed by atoms with Crippen LogP contribution in [0.15, 0.2) is 40.9 Å². The fraction of sp³-hybridized carbons (Fsp3) is 0.0833. The van der Waals surface area contributed by atoms with Crippen LogP contribution in [0.5, 0.6) is 0 Å². The minimum Gasteiger partial charge on any atom is -0.277 e. The molecule has 0 radical (unpaired) electrons. The summed E-state index contributed by atoms with van der Waals surface area (Å²) in [5, 5.41) is 1.90. The Kier molecular flexibility index (Phi) is 3.22. The minimum atomic E-state index is -0.244. The van der Waals surface area contributed by atoms with Gasteiger partial charge in [0.1, 0.15) is 0 Å². The number of hydrogen-bond donors (Lipinski definition) is 1. The van der Waals surface area contributed by atoms with Gasteiger partial charge in [-0.3, -0.25) is 9.63 Å². The molecule has 0 aliphatic rings. The van der Waals surface area contributed by atoms with Crippen molar-refractivity contribution in [2.75, 3.05) is 7.11 Å². The molecule has 16 heavy (non-hydrogen) atoms. The van der Waals surface area contributed by atoms with Gasteiger partial charge in [-0.15, -0.1) is 0 Å². The summed E-state index contributed by atoms with van der Waals surface area (Å²) in [6, 6.07) is 11.3. The Labute approximate surface area is 101 Å². The molecule has 82 valence electrons. The highest BCUT2D eigenvalue weighted by atomic mass is 79.9. The van der Waals surface area contributed by atoms with E-state index in [-0.39, 0.29) is 5.91 Å². The van der Waals surface area contributed by atoms with E-state index < -0.39 is 0 Å². The second-order valence-electron chi connectivity index (χ2n) is 3.28. The molecule has 0 bridgehead atoms. The molecule has 1 N–H and O–H groups in total. The van der Waals surface area contributed by atoms with Crippen LogP contribution in [0, 0.1) is 0 Å². The lowest BCUT2D eigenvalue weighted by molar-refractivity contribution is 0.0539. The maximum Gasteiger partial charge on any atom is 0.275 e. The predicted octanol–water partition coefficient (Wildman–Crippen LogP) is 2.89. The molecule has 2 aromatic rings. The van der Waals surface area contributed by atoms with Crippen molar-refractivity contribution in [3.63, 3.8) is 0 Å². The molecule has 0 aliphatic heterocycles. The maximum atomic E-state index is 11.7. The molecule has 0 spiro atoms. The zero-order valence-corrected chi connectivity index (χ0v) is 10.2. The summed E-state index contributed by atoms with van der Waals surface area (Å²) in [7, 11) is 1.42. The van der Waals surface area contributed by atoms with Gasteiger partial charge in [-0.05, 0) is 22.9 Å². The van der Waals surface area contributed by atoms with Crippen molar-refractivity contribution in [1.82, 2.24) is 5.48 Å². The van der Waals surface area contributed by atoms with Crippen LogP contribution < -0.4 is 5.48 Å². The molecule has 0 unspecified atom stereocenters. The average molecular weight is 280 g/mol. The minimum absolute atomic E-state index is 0.244. The molecular formula is C12H10BrNO2. The summed E-state index contributed by atoms with van der Waals surface area (Å²) in [5.41, 5.74) is 2.92. The Morgan fingerprint density at radius 3 is 2.62 bits per heavy atom. The van der Waals surface area contributed by atoms with Crippen molar-refractivity contribution in [3.8, 4) is 0 Å². The zero-order chi connectivity index (χ0) is 11.5. The smallest absolute Gasteiger partial charge is 0.275 e. The van der Waals surface area contributed by atoms with E-state index in [1.54, 1.807) is 6.07 Å². The first-order chi connectivity index (χ1) is 7.74. The molecule has 0 aliphatic carbocycles. The van der Waals surface area contributed by atoms with Crippen LogP contribution in [0.2, 0.25) is 0 Å². The molecule has 3 nitrogen and oxygen atoms in total. The third-order valence-electron chi connectivity index (χ3n) is 2.31. The van der Waals surface area contributed by atoms with Crippen molar-refractivity contribution >= 4 is 32.6 Å². The zero-order valence-electron chi connectivity index (χ0n) is 8.66. The number of nitrogens with one attached hydrogen (secondary N) is 1. The van der Waals surface area contributed by atoms with Gasteiger partial charge in [0.25, 0.3) is 5.91 Å². The molecular weight excluding hydrogens is 270 g/mol. The first-order valence-corrected chi connectivity index (χ1v) is 5.54. The van der Waals surface area contributed by atoms with Crippen LogP contribution in [0.4, 0.5) is 0 Å². The van der Waals surface area contributed by atoms with Gasteiger partial charge in [0.2, 0.25) is 0 Å². The SMILES string of the molecule is CONC(=O)c1cccc2c(Br)cccc12. The first-order valence-electron chi connectivity index (χ1n) is 4.74. The summed E-state index contributed by atoms with van der Waals surface area (Å²) in [6.07, 6.45) is 0. The summed E-state index contributed by atoms with van der Waals surface area (Å²) in [6.45, 7) is 0. The molecule has 0 saturated carbocycles. The van der Waals surface area contributed by atoms with Crippen molar-refractivity contribution < 1.29 is 9.63 Å². The van der Waals surface area contributed by atoms with E-state index in [2.05, 4.69) is 26.2 Å². The normalized spacial score (nSPS) is 10.4. The third kappa shape index (κ3) is 1.94. The van der Waals surface area contributed by atoms with Crippen LogP contribution >= 0.6 is 15.9 Å². The van der Waals surface area contributed by atoms with Gasteiger partial charge in [-0.2, -0.15) is 0 Å². The molecule has 4 heteroatoms. The lowest BCUT2D eigenvalue weighted by Crippen LogP contribution is -2.21. The van der Waals surface area contributed by atoms with Crippen LogP contribution in [-0.4, -0.2) is 13.0 Å². The Morgan fingerprint density at radius 1 is 1.19 bits per heavy atom. The third-order valence-corrected chi connectivity index (χ3v) is 3.00. The van der Waals surface area contributed by atoms with Gasteiger partial charge >= 0.3 is 0 Å². The van der Waals surface area contributed by atoms with Gasteiger partial charge in [0, 0.05) is 10.0 Å². The maximum absolute atomic E-state index is 11.7. The van der Waals surface area contributed by atoms with Crippen molar-refractivity contribution in [2.45, 2.75) is 0 Å². The summed E-state index contributed by atoms with van der Waals surface area (Å²) in [5.74, 6) is -0.244. The molecule has 1 amide bonds. The van der Waals surface area contributed by atoms with Gasteiger partial charge in [-0.25, -0.2) is 5.48 Å². The van der Waals surface area contributed by atoms with E-state index in [4.69, 9.17) is 0 Å². The van der Waals surface area contributed by atoms with Gasteiger partial charge in [0.15, 0.2) is 0 Å². The van der Waals surface area contributed by atoms with E-state index >= 15 is 0 Å². The number of hydroxylamine groups is 1. The second-order valence-corrected chi connectivity index (χ2v) is 4.13. The number of benzene rings is 2. The summed E-state index contributed by atoms with van der Waals surface area (Å²) in [4.78, 5) is 16.3. The number of carbonyl (C=O) groups excluding carboxylic acids is 1.